The lowest BCUT2D eigenvalue weighted by Gasteiger charge is -2.02. The zero-order valence-corrected chi connectivity index (χ0v) is 11.3. The fraction of sp³-hybridized carbons (Fsp3) is 0.438. The molecule has 2 heteroatoms. The molecule has 0 aliphatic heterocycles. The third kappa shape index (κ3) is 2.81. The van der Waals surface area contributed by atoms with Crippen LogP contribution in [0.15, 0.2) is 30.5 Å². The van der Waals surface area contributed by atoms with Crippen LogP contribution >= 0.6 is 0 Å². The lowest BCUT2D eigenvalue weighted by Crippen LogP contribution is -1.95. The monoisotopic (exact) mass is 243 g/mol. The Balaban J connectivity index is 2.31. The number of Topliss-reactive ketones (excluding diaryl/α,β-unsaturated/α-hetero) is 1. The summed E-state index contributed by atoms with van der Waals surface area (Å²) in [6, 6.07) is 8.48. The van der Waals surface area contributed by atoms with Gasteiger partial charge in [-0.3, -0.25) is 0 Å². The van der Waals surface area contributed by atoms with Gasteiger partial charge in [0.05, 0.1) is 0 Å². The average molecular weight is 243 g/mol. The van der Waals surface area contributed by atoms with E-state index in [0.717, 1.165) is 13.0 Å². The zero-order valence-electron chi connectivity index (χ0n) is 11.3. The zero-order chi connectivity index (χ0) is 13.0. The highest BCUT2D eigenvalue weighted by Crippen LogP contribution is 2.23. The largest absolute Gasteiger partial charge is 0.347 e. The number of benzene rings is 1. The second-order valence-electron chi connectivity index (χ2n) is 4.92. The number of carbonyl (C=O) groups excluding carboxylic acids is 1. The maximum Gasteiger partial charge on any atom is 0.130 e. The third-order valence-corrected chi connectivity index (χ3v) is 3.37. The Labute approximate surface area is 109 Å². The minimum Gasteiger partial charge on any atom is -0.347 e. The van der Waals surface area contributed by atoms with Crippen molar-refractivity contribution >= 4 is 16.7 Å². The standard InChI is InChI=1S/C16H21NO/c1-3-4-11-17-12-14(10-9-13(2)18)15-7-5-6-8-16(15)17/h5-8,12H,3-4,9-11H2,1-2H3. The van der Waals surface area contributed by atoms with Crippen LogP contribution in [-0.4, -0.2) is 10.4 Å². The van der Waals surface area contributed by atoms with E-state index in [9.17, 15) is 4.79 Å². The fourth-order valence-corrected chi connectivity index (χ4v) is 2.35. The molecule has 2 rings (SSSR count). The number of rotatable bonds is 6. The summed E-state index contributed by atoms with van der Waals surface area (Å²) in [7, 11) is 0. The number of carbonyl (C=O) groups is 1. The third-order valence-electron chi connectivity index (χ3n) is 3.37. The number of nitrogens with zero attached hydrogens (tertiary/aromatic N) is 1. The average Bonchev–Trinajstić information content (AvgIpc) is 2.72. The molecule has 1 aromatic carbocycles. The first-order valence-electron chi connectivity index (χ1n) is 6.78. The molecule has 0 bridgehead atoms. The van der Waals surface area contributed by atoms with Crippen molar-refractivity contribution in [1.82, 2.24) is 4.57 Å². The quantitative estimate of drug-likeness (QED) is 0.752. The van der Waals surface area contributed by atoms with Crippen LogP contribution in [0.5, 0.6) is 0 Å². The van der Waals surface area contributed by atoms with Crippen LogP contribution in [-0.2, 0) is 17.8 Å². The normalized spacial score (nSPS) is 11.0. The van der Waals surface area contributed by atoms with Crippen molar-refractivity contribution in [3.63, 3.8) is 0 Å². The Morgan fingerprint density at radius 1 is 1.28 bits per heavy atom. The van der Waals surface area contributed by atoms with Gasteiger partial charge in [0.1, 0.15) is 5.78 Å². The Hall–Kier alpha value is -1.57. The van der Waals surface area contributed by atoms with E-state index in [4.69, 9.17) is 0 Å². The van der Waals surface area contributed by atoms with E-state index in [-0.39, 0.29) is 5.78 Å². The Bertz CT molecular complexity index is 539. The van der Waals surface area contributed by atoms with Gasteiger partial charge < -0.3 is 9.36 Å². The van der Waals surface area contributed by atoms with Crippen molar-refractivity contribution in [1.29, 1.82) is 0 Å². The van der Waals surface area contributed by atoms with Gasteiger partial charge in [0.15, 0.2) is 0 Å². The Morgan fingerprint density at radius 2 is 2.06 bits per heavy atom. The fourth-order valence-electron chi connectivity index (χ4n) is 2.35. The summed E-state index contributed by atoms with van der Waals surface area (Å²) in [4.78, 5) is 11.1. The van der Waals surface area contributed by atoms with Gasteiger partial charge in [0.2, 0.25) is 0 Å². The summed E-state index contributed by atoms with van der Waals surface area (Å²) in [6.07, 6.45) is 6.13. The van der Waals surface area contributed by atoms with E-state index in [1.165, 1.54) is 29.3 Å². The molecule has 0 saturated carbocycles. The second-order valence-corrected chi connectivity index (χ2v) is 4.92. The van der Waals surface area contributed by atoms with Gasteiger partial charge in [-0.05, 0) is 31.4 Å². The highest BCUT2D eigenvalue weighted by atomic mass is 16.1. The minimum atomic E-state index is 0.264. The number of aromatic nitrogens is 1. The van der Waals surface area contributed by atoms with E-state index in [0.29, 0.717) is 6.42 Å². The van der Waals surface area contributed by atoms with Crippen molar-refractivity contribution in [2.45, 2.75) is 46.1 Å². The van der Waals surface area contributed by atoms with Crippen molar-refractivity contribution in [2.75, 3.05) is 0 Å². The number of aryl methyl sites for hydroxylation is 2. The molecule has 96 valence electrons. The number of unbranched alkanes of at least 4 members (excludes halogenated alkanes) is 1. The highest BCUT2D eigenvalue weighted by Gasteiger charge is 2.08. The Morgan fingerprint density at radius 3 is 2.78 bits per heavy atom. The number of ketones is 1. The maximum absolute atomic E-state index is 11.1. The molecule has 2 aromatic rings. The van der Waals surface area contributed by atoms with Crippen LogP contribution in [0.2, 0.25) is 0 Å². The summed E-state index contributed by atoms with van der Waals surface area (Å²) in [5.41, 5.74) is 2.60. The van der Waals surface area contributed by atoms with E-state index >= 15 is 0 Å². The minimum absolute atomic E-state index is 0.264. The number of fused-ring (bicyclic) bond motifs is 1. The first-order valence-corrected chi connectivity index (χ1v) is 6.78. The molecular formula is C16H21NO. The molecule has 0 radical (unpaired) electrons. The van der Waals surface area contributed by atoms with E-state index in [2.05, 4.69) is 42.0 Å². The Kier molecular flexibility index (Phi) is 4.19. The van der Waals surface area contributed by atoms with Crippen LogP contribution in [0, 0.1) is 0 Å². The SMILES string of the molecule is CCCCn1cc(CCC(C)=O)c2ccccc21. The summed E-state index contributed by atoms with van der Waals surface area (Å²) >= 11 is 0. The van der Waals surface area contributed by atoms with Crippen LogP contribution < -0.4 is 0 Å². The lowest BCUT2D eigenvalue weighted by atomic mass is 10.1. The molecule has 1 aromatic heterocycles. The maximum atomic E-state index is 11.1. The first-order chi connectivity index (χ1) is 8.72. The van der Waals surface area contributed by atoms with Gasteiger partial charge in [0, 0.05) is 30.1 Å². The molecule has 2 nitrogen and oxygen atoms in total. The molecule has 1 heterocycles. The van der Waals surface area contributed by atoms with Crippen LogP contribution in [0.3, 0.4) is 0 Å². The lowest BCUT2D eigenvalue weighted by molar-refractivity contribution is -0.116. The molecule has 0 N–H and O–H groups in total. The molecule has 0 aliphatic rings. The molecular weight excluding hydrogens is 222 g/mol. The van der Waals surface area contributed by atoms with Gasteiger partial charge in [-0.1, -0.05) is 31.5 Å². The smallest absolute Gasteiger partial charge is 0.130 e. The summed E-state index contributed by atoms with van der Waals surface area (Å²) in [5.74, 6) is 0.264. The predicted molar refractivity (Wildman–Crippen MR) is 75.8 cm³/mol. The van der Waals surface area contributed by atoms with Gasteiger partial charge in [-0.15, -0.1) is 0 Å². The highest BCUT2D eigenvalue weighted by molar-refractivity contribution is 5.85. The van der Waals surface area contributed by atoms with Crippen molar-refractivity contribution in [2.24, 2.45) is 0 Å². The molecule has 0 spiro atoms. The van der Waals surface area contributed by atoms with Gasteiger partial charge in [-0.2, -0.15) is 0 Å². The summed E-state index contributed by atoms with van der Waals surface area (Å²) in [5, 5.41) is 1.30. The summed E-state index contributed by atoms with van der Waals surface area (Å²) < 4.78 is 2.33. The van der Waals surface area contributed by atoms with Crippen molar-refractivity contribution in [3.05, 3.63) is 36.0 Å². The number of hydrogen-bond donors (Lipinski definition) is 0. The summed E-state index contributed by atoms with van der Waals surface area (Å²) in [6.45, 7) is 4.94. The number of hydrogen-bond acceptors (Lipinski definition) is 1. The van der Waals surface area contributed by atoms with Crippen molar-refractivity contribution in [3.8, 4) is 0 Å². The first kappa shape index (κ1) is 12.9. The van der Waals surface area contributed by atoms with Crippen molar-refractivity contribution < 1.29 is 4.79 Å². The molecule has 18 heavy (non-hydrogen) atoms. The van der Waals surface area contributed by atoms with E-state index in [1.807, 2.05) is 0 Å². The van der Waals surface area contributed by atoms with Crippen LogP contribution in [0.1, 0.15) is 38.7 Å². The predicted octanol–water partition coefficient (Wildman–Crippen LogP) is 3.96. The van der Waals surface area contributed by atoms with E-state index < -0.39 is 0 Å². The molecule has 0 saturated heterocycles. The van der Waals surface area contributed by atoms with Gasteiger partial charge in [-0.25, -0.2) is 0 Å². The van der Waals surface area contributed by atoms with Gasteiger partial charge in [0.25, 0.3) is 0 Å². The van der Waals surface area contributed by atoms with E-state index in [1.54, 1.807) is 6.92 Å². The molecule has 0 aliphatic carbocycles. The second kappa shape index (κ2) is 5.85. The van der Waals surface area contributed by atoms with Crippen LogP contribution in [0.4, 0.5) is 0 Å². The molecule has 0 unspecified atom stereocenters. The topological polar surface area (TPSA) is 22.0 Å². The molecule has 0 amide bonds. The number of para-hydroxylation sites is 1. The van der Waals surface area contributed by atoms with Crippen LogP contribution in [0.25, 0.3) is 10.9 Å². The molecule has 0 atom stereocenters. The van der Waals surface area contributed by atoms with Gasteiger partial charge >= 0.3 is 0 Å². The molecule has 0 fully saturated rings.